The van der Waals surface area contributed by atoms with Crippen molar-refractivity contribution in [3.8, 4) is 0 Å². The van der Waals surface area contributed by atoms with E-state index >= 15 is 0 Å². The SMILES string of the molecule is Cl.NC1CCCC2CN(C(=O)CCOCC(F)F)CC12. The lowest BCUT2D eigenvalue weighted by atomic mass is 9.78. The highest BCUT2D eigenvalue weighted by Gasteiger charge is 2.40. The van der Waals surface area contributed by atoms with Gasteiger partial charge in [-0.3, -0.25) is 4.79 Å². The summed E-state index contributed by atoms with van der Waals surface area (Å²) in [6.45, 7) is 0.968. The van der Waals surface area contributed by atoms with Gasteiger partial charge in [0.15, 0.2) is 0 Å². The first-order valence-electron chi connectivity index (χ1n) is 6.97. The van der Waals surface area contributed by atoms with Gasteiger partial charge in [-0.25, -0.2) is 8.78 Å². The lowest BCUT2D eigenvalue weighted by Crippen LogP contribution is -2.38. The number of fused-ring (bicyclic) bond motifs is 1. The van der Waals surface area contributed by atoms with Gasteiger partial charge >= 0.3 is 0 Å². The van der Waals surface area contributed by atoms with E-state index in [9.17, 15) is 13.6 Å². The van der Waals surface area contributed by atoms with Crippen molar-refractivity contribution >= 4 is 18.3 Å². The van der Waals surface area contributed by atoms with Crippen LogP contribution in [0.2, 0.25) is 0 Å². The lowest BCUT2D eigenvalue weighted by molar-refractivity contribution is -0.131. The van der Waals surface area contributed by atoms with E-state index in [0.717, 1.165) is 32.4 Å². The van der Waals surface area contributed by atoms with Crippen LogP contribution in [0.15, 0.2) is 0 Å². The second-order valence-corrected chi connectivity index (χ2v) is 5.53. The number of rotatable bonds is 5. The number of hydrogen-bond acceptors (Lipinski definition) is 3. The molecular formula is C13H23ClF2N2O2. The first-order valence-corrected chi connectivity index (χ1v) is 6.97. The maximum absolute atomic E-state index is 12.0. The van der Waals surface area contributed by atoms with E-state index < -0.39 is 13.0 Å². The summed E-state index contributed by atoms with van der Waals surface area (Å²) in [6.07, 6.45) is 1.04. The topological polar surface area (TPSA) is 55.6 Å². The van der Waals surface area contributed by atoms with E-state index in [-0.39, 0.29) is 37.4 Å². The average Bonchev–Trinajstić information content (AvgIpc) is 2.79. The van der Waals surface area contributed by atoms with Crippen molar-refractivity contribution in [1.82, 2.24) is 4.90 Å². The molecule has 0 spiro atoms. The third-order valence-corrected chi connectivity index (χ3v) is 4.21. The number of halogens is 3. The van der Waals surface area contributed by atoms with Crippen LogP contribution in [0.3, 0.4) is 0 Å². The molecular weight excluding hydrogens is 290 g/mol. The van der Waals surface area contributed by atoms with E-state index in [1.807, 2.05) is 4.90 Å². The molecule has 0 aromatic carbocycles. The molecule has 0 aromatic heterocycles. The Kier molecular flexibility index (Phi) is 7.12. The molecule has 4 nitrogen and oxygen atoms in total. The molecule has 3 atom stereocenters. The fourth-order valence-corrected chi connectivity index (χ4v) is 3.21. The minimum Gasteiger partial charge on any atom is -0.375 e. The Hall–Kier alpha value is -0.460. The Balaban J connectivity index is 0.00000200. The van der Waals surface area contributed by atoms with Gasteiger partial charge in [-0.2, -0.15) is 0 Å². The second kappa shape index (κ2) is 8.10. The zero-order chi connectivity index (χ0) is 13.8. The highest BCUT2D eigenvalue weighted by atomic mass is 35.5. The molecule has 2 fully saturated rings. The van der Waals surface area contributed by atoms with Crippen molar-refractivity contribution in [1.29, 1.82) is 0 Å². The Morgan fingerprint density at radius 3 is 2.75 bits per heavy atom. The van der Waals surface area contributed by atoms with Crippen LogP contribution in [0.1, 0.15) is 25.7 Å². The van der Waals surface area contributed by atoms with Crippen molar-refractivity contribution in [2.24, 2.45) is 17.6 Å². The third-order valence-electron chi connectivity index (χ3n) is 4.21. The van der Waals surface area contributed by atoms with Crippen LogP contribution < -0.4 is 5.73 Å². The molecule has 1 saturated carbocycles. The van der Waals surface area contributed by atoms with Gasteiger partial charge in [-0.15, -0.1) is 12.4 Å². The molecule has 1 aliphatic carbocycles. The fraction of sp³-hybridized carbons (Fsp3) is 0.923. The Labute approximate surface area is 124 Å². The minimum atomic E-state index is -2.47. The first-order chi connectivity index (χ1) is 9.08. The number of ether oxygens (including phenoxy) is 1. The normalized spacial score (nSPS) is 29.2. The molecule has 20 heavy (non-hydrogen) atoms. The summed E-state index contributed by atoms with van der Waals surface area (Å²) in [5.74, 6) is 0.935. The average molecular weight is 313 g/mol. The number of alkyl halides is 2. The summed E-state index contributed by atoms with van der Waals surface area (Å²) in [5, 5.41) is 0. The van der Waals surface area contributed by atoms with Gasteiger partial charge < -0.3 is 15.4 Å². The molecule has 7 heteroatoms. The summed E-state index contributed by atoms with van der Waals surface area (Å²) in [7, 11) is 0. The van der Waals surface area contributed by atoms with E-state index in [1.54, 1.807) is 0 Å². The van der Waals surface area contributed by atoms with Crippen LogP contribution in [-0.4, -0.2) is 49.6 Å². The summed E-state index contributed by atoms with van der Waals surface area (Å²) >= 11 is 0. The molecule has 118 valence electrons. The van der Waals surface area contributed by atoms with Crippen LogP contribution in [0.5, 0.6) is 0 Å². The van der Waals surface area contributed by atoms with Crippen molar-refractivity contribution in [2.75, 3.05) is 26.3 Å². The molecule has 1 saturated heterocycles. The number of amides is 1. The monoisotopic (exact) mass is 312 g/mol. The zero-order valence-electron chi connectivity index (χ0n) is 11.5. The predicted octanol–water partition coefficient (Wildman–Crippen LogP) is 1.67. The quantitative estimate of drug-likeness (QED) is 0.786. The fourth-order valence-electron chi connectivity index (χ4n) is 3.21. The van der Waals surface area contributed by atoms with Gasteiger partial charge in [0.25, 0.3) is 6.43 Å². The lowest BCUT2D eigenvalue weighted by Gasteiger charge is -2.29. The molecule has 3 unspecified atom stereocenters. The number of likely N-dealkylation sites (tertiary alicyclic amines) is 1. The maximum Gasteiger partial charge on any atom is 0.261 e. The maximum atomic E-state index is 12.0. The van der Waals surface area contributed by atoms with Gasteiger partial charge in [-0.1, -0.05) is 6.42 Å². The van der Waals surface area contributed by atoms with Gasteiger partial charge in [0.05, 0.1) is 13.0 Å². The van der Waals surface area contributed by atoms with Gasteiger partial charge in [0.2, 0.25) is 5.91 Å². The van der Waals surface area contributed by atoms with Crippen LogP contribution in [0, 0.1) is 11.8 Å². The second-order valence-electron chi connectivity index (χ2n) is 5.53. The summed E-state index contributed by atoms with van der Waals surface area (Å²) in [5.41, 5.74) is 6.09. The zero-order valence-corrected chi connectivity index (χ0v) is 12.3. The highest BCUT2D eigenvalue weighted by Crippen LogP contribution is 2.35. The smallest absolute Gasteiger partial charge is 0.261 e. The summed E-state index contributed by atoms with van der Waals surface area (Å²) < 4.78 is 28.5. The van der Waals surface area contributed by atoms with Gasteiger partial charge in [-0.05, 0) is 24.7 Å². The molecule has 1 heterocycles. The number of carbonyl (C=O) groups excluding carboxylic acids is 1. The van der Waals surface area contributed by atoms with Crippen molar-refractivity contribution in [3.63, 3.8) is 0 Å². The molecule has 0 aromatic rings. The van der Waals surface area contributed by atoms with E-state index in [0.29, 0.717) is 11.8 Å². The van der Waals surface area contributed by atoms with Crippen molar-refractivity contribution in [2.45, 2.75) is 38.2 Å². The predicted molar refractivity (Wildman–Crippen MR) is 74.1 cm³/mol. The number of carbonyl (C=O) groups is 1. The molecule has 2 N–H and O–H groups in total. The summed E-state index contributed by atoms with van der Waals surface area (Å²) in [4.78, 5) is 13.8. The molecule has 2 rings (SSSR count). The van der Waals surface area contributed by atoms with Crippen molar-refractivity contribution in [3.05, 3.63) is 0 Å². The molecule has 0 bridgehead atoms. The van der Waals surface area contributed by atoms with Crippen LogP contribution >= 0.6 is 12.4 Å². The largest absolute Gasteiger partial charge is 0.375 e. The van der Waals surface area contributed by atoms with E-state index in [4.69, 9.17) is 10.5 Å². The Morgan fingerprint density at radius 2 is 2.10 bits per heavy atom. The Bertz CT molecular complexity index is 321. The van der Waals surface area contributed by atoms with Gasteiger partial charge in [0, 0.05) is 19.1 Å². The standard InChI is InChI=1S/C13H22F2N2O2.ClH/c14-12(15)8-19-5-4-13(18)17-6-9-2-1-3-11(16)10(9)7-17;/h9-12H,1-8,16H2;1H. The summed E-state index contributed by atoms with van der Waals surface area (Å²) in [6, 6.07) is 0.201. The van der Waals surface area contributed by atoms with Gasteiger partial charge in [0.1, 0.15) is 6.61 Å². The van der Waals surface area contributed by atoms with E-state index in [2.05, 4.69) is 0 Å². The number of nitrogens with zero attached hydrogens (tertiary/aromatic N) is 1. The highest BCUT2D eigenvalue weighted by molar-refractivity contribution is 5.85. The Morgan fingerprint density at radius 1 is 1.35 bits per heavy atom. The van der Waals surface area contributed by atoms with E-state index in [1.165, 1.54) is 0 Å². The number of nitrogens with two attached hydrogens (primary N) is 1. The third kappa shape index (κ3) is 4.53. The first kappa shape index (κ1) is 17.6. The molecule has 0 radical (unpaired) electrons. The van der Waals surface area contributed by atoms with Crippen LogP contribution in [-0.2, 0) is 9.53 Å². The van der Waals surface area contributed by atoms with Crippen molar-refractivity contribution < 1.29 is 18.3 Å². The van der Waals surface area contributed by atoms with Crippen LogP contribution in [0.4, 0.5) is 8.78 Å². The molecule has 1 aliphatic heterocycles. The number of hydrogen-bond donors (Lipinski definition) is 1. The minimum absolute atomic E-state index is 0. The van der Waals surface area contributed by atoms with Crippen LogP contribution in [0.25, 0.3) is 0 Å². The molecule has 1 amide bonds. The molecule has 2 aliphatic rings.